The second kappa shape index (κ2) is 5.69. The monoisotopic (exact) mass is 259 g/mol. The van der Waals surface area contributed by atoms with Crippen molar-refractivity contribution in [2.75, 3.05) is 6.61 Å². The highest BCUT2D eigenvalue weighted by molar-refractivity contribution is 5.91. The molecule has 0 saturated carbocycles. The summed E-state index contributed by atoms with van der Waals surface area (Å²) in [5.41, 5.74) is 2.15. The second-order valence-electron chi connectivity index (χ2n) is 4.35. The summed E-state index contributed by atoms with van der Waals surface area (Å²) in [5.74, 6) is 0.105. The maximum Gasteiger partial charge on any atom is 0.343 e. The zero-order valence-corrected chi connectivity index (χ0v) is 11.3. The number of ether oxygens (including phenoxy) is 1. The van der Waals surface area contributed by atoms with Crippen LogP contribution in [0.3, 0.4) is 0 Å². The first-order valence-electron chi connectivity index (χ1n) is 6.33. The van der Waals surface area contributed by atoms with E-state index in [1.807, 2.05) is 37.3 Å². The van der Waals surface area contributed by atoms with Crippen molar-refractivity contribution in [3.05, 3.63) is 52.9 Å². The minimum atomic E-state index is -0.376. The highest BCUT2D eigenvalue weighted by atomic mass is 16.5. The Morgan fingerprint density at radius 1 is 1.37 bits per heavy atom. The van der Waals surface area contributed by atoms with E-state index in [2.05, 4.69) is 5.16 Å². The van der Waals surface area contributed by atoms with E-state index in [1.54, 1.807) is 13.8 Å². The van der Waals surface area contributed by atoms with E-state index in [9.17, 15) is 4.79 Å². The van der Waals surface area contributed by atoms with E-state index in [1.165, 1.54) is 0 Å². The van der Waals surface area contributed by atoms with Gasteiger partial charge in [0.25, 0.3) is 0 Å². The molecule has 0 N–H and O–H groups in total. The minimum Gasteiger partial charge on any atom is -0.462 e. The molecular weight excluding hydrogens is 242 g/mol. The van der Waals surface area contributed by atoms with Gasteiger partial charge in [0.1, 0.15) is 17.0 Å². The fourth-order valence-electron chi connectivity index (χ4n) is 2.04. The molecule has 1 heterocycles. The summed E-state index contributed by atoms with van der Waals surface area (Å²) < 4.78 is 10.2. The summed E-state index contributed by atoms with van der Waals surface area (Å²) in [7, 11) is 0. The third-order valence-electron chi connectivity index (χ3n) is 3.08. The van der Waals surface area contributed by atoms with Crippen LogP contribution in [0.2, 0.25) is 0 Å². The van der Waals surface area contributed by atoms with Gasteiger partial charge in [0.05, 0.1) is 6.61 Å². The molecule has 4 heteroatoms. The van der Waals surface area contributed by atoms with Crippen molar-refractivity contribution >= 4 is 5.97 Å². The lowest BCUT2D eigenvalue weighted by Crippen LogP contribution is -2.10. The van der Waals surface area contributed by atoms with Gasteiger partial charge in [-0.25, -0.2) is 4.79 Å². The predicted octanol–water partition coefficient (Wildman–Crippen LogP) is 3.31. The van der Waals surface area contributed by atoms with Crippen molar-refractivity contribution < 1.29 is 14.1 Å². The Morgan fingerprint density at radius 2 is 2.05 bits per heavy atom. The third kappa shape index (κ3) is 2.67. The first kappa shape index (κ1) is 13.3. The maximum absolute atomic E-state index is 12.0. The van der Waals surface area contributed by atoms with Gasteiger partial charge in [-0.1, -0.05) is 42.4 Å². The van der Waals surface area contributed by atoms with Crippen LogP contribution < -0.4 is 0 Å². The summed E-state index contributed by atoms with van der Waals surface area (Å²) in [6.45, 7) is 5.83. The summed E-state index contributed by atoms with van der Waals surface area (Å²) in [6.07, 6.45) is 0. The van der Waals surface area contributed by atoms with Gasteiger partial charge in [-0.3, -0.25) is 0 Å². The van der Waals surface area contributed by atoms with Crippen molar-refractivity contribution in [2.24, 2.45) is 0 Å². The molecule has 0 amide bonds. The van der Waals surface area contributed by atoms with Crippen LogP contribution >= 0.6 is 0 Å². The van der Waals surface area contributed by atoms with Gasteiger partial charge in [0.2, 0.25) is 0 Å². The predicted molar refractivity (Wildman–Crippen MR) is 71.2 cm³/mol. The molecule has 0 saturated heterocycles. The summed E-state index contributed by atoms with van der Waals surface area (Å²) in [5, 5.41) is 4.02. The van der Waals surface area contributed by atoms with E-state index in [-0.39, 0.29) is 11.9 Å². The van der Waals surface area contributed by atoms with Crippen LogP contribution in [0.15, 0.2) is 34.9 Å². The molecular formula is C15H17NO3. The average molecular weight is 259 g/mol. The Labute approximate surface area is 112 Å². The van der Waals surface area contributed by atoms with Crippen LogP contribution in [0.1, 0.15) is 47.1 Å². The Kier molecular flexibility index (Phi) is 4.00. The van der Waals surface area contributed by atoms with Gasteiger partial charge >= 0.3 is 5.97 Å². The van der Waals surface area contributed by atoms with Crippen molar-refractivity contribution in [1.82, 2.24) is 5.16 Å². The normalized spacial score (nSPS) is 12.2. The molecule has 0 bridgehead atoms. The first-order valence-corrected chi connectivity index (χ1v) is 6.33. The molecule has 100 valence electrons. The molecule has 0 radical (unpaired) electrons. The molecule has 0 aliphatic rings. The molecule has 4 nitrogen and oxygen atoms in total. The Balaban J connectivity index is 2.38. The largest absolute Gasteiger partial charge is 0.462 e. The van der Waals surface area contributed by atoms with Gasteiger partial charge in [0, 0.05) is 5.92 Å². The van der Waals surface area contributed by atoms with Gasteiger partial charge < -0.3 is 9.26 Å². The van der Waals surface area contributed by atoms with Gasteiger partial charge in [-0.2, -0.15) is 0 Å². The molecule has 19 heavy (non-hydrogen) atoms. The topological polar surface area (TPSA) is 52.3 Å². The van der Waals surface area contributed by atoms with Crippen LogP contribution in [0.4, 0.5) is 0 Å². The molecule has 0 fully saturated rings. The van der Waals surface area contributed by atoms with Crippen molar-refractivity contribution in [1.29, 1.82) is 0 Å². The molecule has 0 aliphatic heterocycles. The number of esters is 1. The van der Waals surface area contributed by atoms with Gasteiger partial charge in [-0.05, 0) is 19.4 Å². The second-order valence-corrected chi connectivity index (χ2v) is 4.35. The Bertz CT molecular complexity index is 560. The van der Waals surface area contributed by atoms with Crippen LogP contribution in [0, 0.1) is 6.92 Å². The maximum atomic E-state index is 12.0. The van der Waals surface area contributed by atoms with Crippen LogP contribution in [-0.4, -0.2) is 17.7 Å². The smallest absolute Gasteiger partial charge is 0.343 e. The molecule has 2 aromatic rings. The van der Waals surface area contributed by atoms with E-state index in [0.29, 0.717) is 23.6 Å². The minimum absolute atomic E-state index is 0.0157. The number of benzene rings is 1. The number of carbonyl (C=O) groups excluding carboxylic acids is 1. The molecule has 1 aromatic carbocycles. The number of rotatable bonds is 4. The van der Waals surface area contributed by atoms with Crippen molar-refractivity contribution in [2.45, 2.75) is 26.7 Å². The van der Waals surface area contributed by atoms with E-state index < -0.39 is 0 Å². The standard InChI is InChI=1S/C15H17NO3/c1-4-18-15(17)13-11(3)19-16-14(13)10(2)12-8-6-5-7-9-12/h5-10H,4H2,1-3H3. The van der Waals surface area contributed by atoms with Crippen molar-refractivity contribution in [3.8, 4) is 0 Å². The highest BCUT2D eigenvalue weighted by Crippen LogP contribution is 2.28. The van der Waals surface area contributed by atoms with E-state index >= 15 is 0 Å². The Hall–Kier alpha value is -2.10. The first-order chi connectivity index (χ1) is 9.15. The average Bonchev–Trinajstić information content (AvgIpc) is 2.81. The number of nitrogens with zero attached hydrogens (tertiary/aromatic N) is 1. The number of carbonyl (C=O) groups is 1. The zero-order valence-electron chi connectivity index (χ0n) is 11.3. The number of aromatic nitrogens is 1. The molecule has 0 aliphatic carbocycles. The molecule has 1 unspecified atom stereocenters. The number of aryl methyl sites for hydroxylation is 1. The number of hydrogen-bond acceptors (Lipinski definition) is 4. The Morgan fingerprint density at radius 3 is 2.68 bits per heavy atom. The zero-order chi connectivity index (χ0) is 13.8. The fraction of sp³-hybridized carbons (Fsp3) is 0.333. The van der Waals surface area contributed by atoms with E-state index in [0.717, 1.165) is 5.56 Å². The number of hydrogen-bond donors (Lipinski definition) is 0. The summed E-state index contributed by atoms with van der Waals surface area (Å²) in [6, 6.07) is 9.88. The lowest BCUT2D eigenvalue weighted by Gasteiger charge is -2.10. The van der Waals surface area contributed by atoms with Crippen molar-refractivity contribution in [3.63, 3.8) is 0 Å². The summed E-state index contributed by atoms with van der Waals surface area (Å²) >= 11 is 0. The fourth-order valence-corrected chi connectivity index (χ4v) is 2.04. The molecule has 0 spiro atoms. The lowest BCUT2D eigenvalue weighted by atomic mass is 9.94. The van der Waals surface area contributed by atoms with Gasteiger partial charge in [0.15, 0.2) is 0 Å². The molecule has 1 atom stereocenters. The van der Waals surface area contributed by atoms with Crippen LogP contribution in [0.5, 0.6) is 0 Å². The molecule has 1 aromatic heterocycles. The SMILES string of the molecule is CCOC(=O)c1c(C(C)c2ccccc2)noc1C. The highest BCUT2D eigenvalue weighted by Gasteiger charge is 2.25. The molecule has 2 rings (SSSR count). The van der Waals surface area contributed by atoms with Crippen LogP contribution in [0.25, 0.3) is 0 Å². The van der Waals surface area contributed by atoms with Gasteiger partial charge in [-0.15, -0.1) is 0 Å². The quantitative estimate of drug-likeness (QED) is 0.790. The lowest BCUT2D eigenvalue weighted by molar-refractivity contribution is 0.0523. The third-order valence-corrected chi connectivity index (χ3v) is 3.08. The summed E-state index contributed by atoms with van der Waals surface area (Å²) in [4.78, 5) is 12.0. The van der Waals surface area contributed by atoms with E-state index in [4.69, 9.17) is 9.26 Å². The van der Waals surface area contributed by atoms with Crippen LogP contribution in [-0.2, 0) is 4.74 Å².